The van der Waals surface area contributed by atoms with Crippen LogP contribution in [0, 0.1) is 0 Å². The number of benzene rings is 1. The molecule has 0 spiro atoms. The third kappa shape index (κ3) is 3.26. The number of nitrogens with zero attached hydrogens (tertiary/aromatic N) is 2. The summed E-state index contributed by atoms with van der Waals surface area (Å²) in [6.45, 7) is 2.72. The normalized spacial score (nSPS) is 19.3. The quantitative estimate of drug-likeness (QED) is 0.907. The third-order valence-electron chi connectivity index (χ3n) is 4.01. The van der Waals surface area contributed by atoms with E-state index in [1.54, 1.807) is 18.2 Å². The van der Waals surface area contributed by atoms with Gasteiger partial charge in [0.25, 0.3) is 5.56 Å². The van der Waals surface area contributed by atoms with Crippen molar-refractivity contribution in [1.29, 1.82) is 0 Å². The molecule has 2 aromatic rings. The van der Waals surface area contributed by atoms with E-state index in [2.05, 4.69) is 27.2 Å². The lowest BCUT2D eigenvalue weighted by Crippen LogP contribution is -2.44. The van der Waals surface area contributed by atoms with Gasteiger partial charge >= 0.3 is 0 Å². The molecule has 21 heavy (non-hydrogen) atoms. The van der Waals surface area contributed by atoms with Crippen LogP contribution in [0.1, 0.15) is 18.7 Å². The zero-order valence-electron chi connectivity index (χ0n) is 12.0. The summed E-state index contributed by atoms with van der Waals surface area (Å²) in [5.74, 6) is 0.697. The lowest BCUT2D eigenvalue weighted by Gasteiger charge is -2.31. The number of H-pyrrole nitrogens is 1. The van der Waals surface area contributed by atoms with E-state index in [1.807, 2.05) is 0 Å². The van der Waals surface area contributed by atoms with Gasteiger partial charge in [0.1, 0.15) is 5.82 Å². The van der Waals surface area contributed by atoms with Crippen LogP contribution in [0.2, 0.25) is 5.02 Å². The highest BCUT2D eigenvalue weighted by Gasteiger charge is 2.18. The number of piperidine rings is 1. The number of hydrogen-bond donors (Lipinski definition) is 2. The third-order valence-corrected chi connectivity index (χ3v) is 4.24. The van der Waals surface area contributed by atoms with Crippen LogP contribution in [0.5, 0.6) is 0 Å². The van der Waals surface area contributed by atoms with Crippen LogP contribution in [0.4, 0.5) is 0 Å². The Hall–Kier alpha value is -1.43. The van der Waals surface area contributed by atoms with Crippen LogP contribution < -0.4 is 10.9 Å². The number of fused-ring (bicyclic) bond motifs is 1. The van der Waals surface area contributed by atoms with Gasteiger partial charge in [-0.15, -0.1) is 0 Å². The molecule has 0 amide bonds. The summed E-state index contributed by atoms with van der Waals surface area (Å²) in [4.78, 5) is 21.8. The van der Waals surface area contributed by atoms with Gasteiger partial charge in [0.15, 0.2) is 0 Å². The van der Waals surface area contributed by atoms with E-state index < -0.39 is 0 Å². The molecule has 5 nitrogen and oxygen atoms in total. The first-order valence-electron chi connectivity index (χ1n) is 7.23. The molecule has 1 saturated heterocycles. The van der Waals surface area contributed by atoms with Crippen LogP contribution in [-0.4, -0.2) is 41.0 Å². The van der Waals surface area contributed by atoms with Gasteiger partial charge in [0.05, 0.1) is 17.4 Å². The maximum Gasteiger partial charge on any atom is 0.258 e. The van der Waals surface area contributed by atoms with E-state index in [4.69, 9.17) is 11.6 Å². The second-order valence-electron chi connectivity index (χ2n) is 5.59. The average Bonchev–Trinajstić information content (AvgIpc) is 2.49. The van der Waals surface area contributed by atoms with Crippen LogP contribution in [0.25, 0.3) is 10.9 Å². The molecule has 1 aliphatic heterocycles. The van der Waals surface area contributed by atoms with Crippen molar-refractivity contribution in [3.05, 3.63) is 39.4 Å². The van der Waals surface area contributed by atoms with Crippen LogP contribution in [0.3, 0.4) is 0 Å². The summed E-state index contributed by atoms with van der Waals surface area (Å²) in [7, 11) is 2.07. The van der Waals surface area contributed by atoms with E-state index in [0.29, 0.717) is 34.3 Å². The molecular formula is C15H19ClN4O. The number of hydrogen-bond acceptors (Lipinski definition) is 4. The number of likely N-dealkylation sites (N-methyl/N-ethyl adjacent to an activating group) is 1. The SMILES string of the molecule is CN(Cc1nc2ccc(Cl)cc2c(=O)[nH]1)C1CCCNC1. The molecule has 2 heterocycles. The van der Waals surface area contributed by atoms with Crippen molar-refractivity contribution in [2.75, 3.05) is 20.1 Å². The first kappa shape index (κ1) is 14.5. The van der Waals surface area contributed by atoms with Crippen molar-refractivity contribution < 1.29 is 0 Å². The number of aromatic nitrogens is 2. The Morgan fingerprint density at radius 1 is 1.48 bits per heavy atom. The Morgan fingerprint density at radius 2 is 2.33 bits per heavy atom. The molecule has 0 radical (unpaired) electrons. The maximum absolute atomic E-state index is 12.1. The van der Waals surface area contributed by atoms with Crippen LogP contribution in [0.15, 0.2) is 23.0 Å². The van der Waals surface area contributed by atoms with Gasteiger partial charge in [0.2, 0.25) is 0 Å². The highest BCUT2D eigenvalue weighted by Crippen LogP contribution is 2.15. The molecule has 1 atom stereocenters. The fourth-order valence-electron chi connectivity index (χ4n) is 2.81. The van der Waals surface area contributed by atoms with Gasteiger partial charge in [-0.25, -0.2) is 4.98 Å². The Morgan fingerprint density at radius 3 is 3.10 bits per heavy atom. The lowest BCUT2D eigenvalue weighted by molar-refractivity contribution is 0.192. The van der Waals surface area contributed by atoms with E-state index in [0.717, 1.165) is 13.1 Å². The summed E-state index contributed by atoms with van der Waals surface area (Å²) in [6.07, 6.45) is 2.37. The summed E-state index contributed by atoms with van der Waals surface area (Å²) >= 11 is 5.92. The van der Waals surface area contributed by atoms with Gasteiger partial charge in [0, 0.05) is 17.6 Å². The molecule has 6 heteroatoms. The fourth-order valence-corrected chi connectivity index (χ4v) is 2.98. The van der Waals surface area contributed by atoms with Crippen molar-refractivity contribution in [3.63, 3.8) is 0 Å². The molecule has 1 unspecified atom stereocenters. The maximum atomic E-state index is 12.1. The Bertz CT molecular complexity index is 694. The molecular weight excluding hydrogens is 288 g/mol. The van der Waals surface area contributed by atoms with Crippen molar-refractivity contribution in [1.82, 2.24) is 20.2 Å². The van der Waals surface area contributed by atoms with E-state index >= 15 is 0 Å². The van der Waals surface area contributed by atoms with Crippen molar-refractivity contribution in [3.8, 4) is 0 Å². The van der Waals surface area contributed by atoms with Crippen molar-refractivity contribution in [2.45, 2.75) is 25.4 Å². The zero-order valence-corrected chi connectivity index (χ0v) is 12.8. The highest BCUT2D eigenvalue weighted by molar-refractivity contribution is 6.31. The summed E-state index contributed by atoms with van der Waals surface area (Å²) in [5, 5.41) is 4.48. The number of rotatable bonds is 3. The zero-order chi connectivity index (χ0) is 14.8. The van der Waals surface area contributed by atoms with E-state index in [9.17, 15) is 4.79 Å². The Kier molecular flexibility index (Phi) is 4.24. The van der Waals surface area contributed by atoms with Gasteiger partial charge in [-0.05, 0) is 44.6 Å². The minimum absolute atomic E-state index is 0.132. The van der Waals surface area contributed by atoms with Crippen molar-refractivity contribution >= 4 is 22.5 Å². The molecule has 0 bridgehead atoms. The van der Waals surface area contributed by atoms with Crippen molar-refractivity contribution in [2.24, 2.45) is 0 Å². The molecule has 3 rings (SSSR count). The summed E-state index contributed by atoms with van der Waals surface area (Å²) in [6, 6.07) is 5.69. The first-order chi connectivity index (χ1) is 10.1. The topological polar surface area (TPSA) is 61.0 Å². The van der Waals surface area contributed by atoms with E-state index in [-0.39, 0.29) is 5.56 Å². The number of nitrogens with one attached hydrogen (secondary N) is 2. The fraction of sp³-hybridized carbons (Fsp3) is 0.467. The Labute approximate surface area is 128 Å². The minimum atomic E-state index is -0.132. The number of halogens is 1. The molecule has 112 valence electrons. The van der Waals surface area contributed by atoms with Gasteiger partial charge in [-0.3, -0.25) is 9.69 Å². The monoisotopic (exact) mass is 306 g/mol. The van der Waals surface area contributed by atoms with Gasteiger partial charge in [-0.1, -0.05) is 11.6 Å². The molecule has 1 aliphatic rings. The van der Waals surface area contributed by atoms with E-state index in [1.165, 1.54) is 12.8 Å². The summed E-state index contributed by atoms with van der Waals surface area (Å²) in [5.41, 5.74) is 0.556. The van der Waals surface area contributed by atoms with Crippen LogP contribution in [-0.2, 0) is 6.54 Å². The smallest absolute Gasteiger partial charge is 0.258 e. The predicted octanol–water partition coefficient (Wildman–Crippen LogP) is 1.76. The molecule has 1 fully saturated rings. The average molecular weight is 307 g/mol. The predicted molar refractivity (Wildman–Crippen MR) is 84.7 cm³/mol. The standard InChI is InChI=1S/C15H19ClN4O/c1-20(11-3-2-6-17-8-11)9-14-18-13-5-4-10(16)7-12(13)15(21)19-14/h4-5,7,11,17H,2-3,6,8-9H2,1H3,(H,18,19,21). The number of aromatic amines is 1. The highest BCUT2D eigenvalue weighted by atomic mass is 35.5. The molecule has 1 aromatic heterocycles. The molecule has 1 aromatic carbocycles. The molecule has 0 saturated carbocycles. The Balaban J connectivity index is 1.84. The second-order valence-corrected chi connectivity index (χ2v) is 6.03. The largest absolute Gasteiger partial charge is 0.315 e. The van der Waals surface area contributed by atoms with Gasteiger partial charge in [-0.2, -0.15) is 0 Å². The summed E-state index contributed by atoms with van der Waals surface area (Å²) < 4.78 is 0. The second kappa shape index (κ2) is 6.13. The van der Waals surface area contributed by atoms with Gasteiger partial charge < -0.3 is 10.3 Å². The van der Waals surface area contributed by atoms with Crippen LogP contribution >= 0.6 is 11.6 Å². The first-order valence-corrected chi connectivity index (χ1v) is 7.61. The minimum Gasteiger partial charge on any atom is -0.315 e. The molecule has 0 aliphatic carbocycles. The molecule has 2 N–H and O–H groups in total. The lowest BCUT2D eigenvalue weighted by atomic mass is 10.1.